The van der Waals surface area contributed by atoms with Gasteiger partial charge in [0.15, 0.2) is 4.99 Å². The van der Waals surface area contributed by atoms with E-state index in [0.29, 0.717) is 23.8 Å². The Balaban J connectivity index is 1.49. The second-order valence-electron chi connectivity index (χ2n) is 6.26. The third-order valence-electron chi connectivity index (χ3n) is 3.92. The van der Waals surface area contributed by atoms with Crippen LogP contribution in [0.3, 0.4) is 0 Å². The van der Waals surface area contributed by atoms with Crippen LogP contribution in [0, 0.1) is 0 Å². The summed E-state index contributed by atoms with van der Waals surface area (Å²) in [7, 11) is 0. The van der Waals surface area contributed by atoms with Crippen molar-refractivity contribution in [1.82, 2.24) is 15.7 Å². The number of carbonyl (C=O) groups excluding carboxylic acids is 4. The highest BCUT2D eigenvalue weighted by Crippen LogP contribution is 2.24. The smallest absolute Gasteiger partial charge is 0.333 e. The van der Waals surface area contributed by atoms with Crippen LogP contribution in [0.2, 0.25) is 0 Å². The molecule has 27 heavy (non-hydrogen) atoms. The number of hydroxylamine groups is 2. The number of amides is 3. The molecule has 10 heteroatoms. The van der Waals surface area contributed by atoms with E-state index in [1.807, 2.05) is 6.92 Å². The number of unbranched alkanes of at least 4 members (excludes halogenated alkanes) is 2. The van der Waals surface area contributed by atoms with Crippen LogP contribution < -0.4 is 10.6 Å². The Morgan fingerprint density at radius 1 is 1.30 bits per heavy atom. The molecule has 9 nitrogen and oxygen atoms in total. The Bertz CT molecular complexity index is 635. The Hall–Kier alpha value is -2.36. The molecule has 148 valence electrons. The minimum absolute atomic E-state index is 0.0711. The number of imide groups is 1. The number of hydrogen-bond acceptors (Lipinski definition) is 8. The van der Waals surface area contributed by atoms with Crippen LogP contribution in [0.5, 0.6) is 0 Å². The number of hydrogen-bond donors (Lipinski definition) is 2. The molecule has 0 radical (unpaired) electrons. The molecule has 1 unspecified atom stereocenters. The van der Waals surface area contributed by atoms with Crippen molar-refractivity contribution in [2.45, 2.75) is 50.4 Å². The monoisotopic (exact) mass is 396 g/mol. The highest BCUT2D eigenvalue weighted by atomic mass is 32.2. The van der Waals surface area contributed by atoms with Crippen LogP contribution in [-0.2, 0) is 24.0 Å². The molecule has 3 amide bonds. The summed E-state index contributed by atoms with van der Waals surface area (Å²) in [5, 5.41) is 6.48. The fourth-order valence-corrected chi connectivity index (χ4v) is 3.21. The summed E-state index contributed by atoms with van der Waals surface area (Å²) in [6, 6.07) is 0. The number of allylic oxidation sites excluding steroid dienone is 1. The lowest BCUT2D eigenvalue weighted by Gasteiger charge is -2.26. The second kappa shape index (κ2) is 10.1. The molecule has 2 aliphatic rings. The number of nitrogens with zero attached hydrogens (tertiary/aromatic N) is 2. The summed E-state index contributed by atoms with van der Waals surface area (Å²) < 4.78 is 0. The van der Waals surface area contributed by atoms with Crippen molar-refractivity contribution >= 4 is 41.7 Å². The number of rotatable bonds is 10. The number of carbonyl (C=O) groups is 4. The van der Waals surface area contributed by atoms with E-state index >= 15 is 0 Å². The van der Waals surface area contributed by atoms with Gasteiger partial charge < -0.3 is 15.5 Å². The van der Waals surface area contributed by atoms with Gasteiger partial charge in [-0.3, -0.25) is 19.4 Å². The van der Waals surface area contributed by atoms with Crippen LogP contribution in [0.4, 0.5) is 0 Å². The Kier molecular flexibility index (Phi) is 7.83. The minimum Gasteiger partial charge on any atom is -0.359 e. The first-order chi connectivity index (χ1) is 12.9. The van der Waals surface area contributed by atoms with Crippen molar-refractivity contribution in [3.8, 4) is 0 Å². The predicted octanol–water partition coefficient (Wildman–Crippen LogP) is 0.865. The molecule has 0 aromatic carbocycles. The maximum Gasteiger partial charge on any atom is 0.333 e. The number of aliphatic imine (C=N–C) groups is 1. The van der Waals surface area contributed by atoms with Gasteiger partial charge in [-0.2, -0.15) is 0 Å². The number of nitrogens with one attached hydrogen (secondary N) is 2. The standard InChI is InChI=1S/C17H24N4O5S/c1-17(19-10-5-11-20-17)27-12-13(22)18-9-4-2-3-6-16(25)26-21-14(23)7-8-15(21)24/h5,10-11,19H,2-4,6-9,12H2,1H3,(H,18,22). The zero-order valence-corrected chi connectivity index (χ0v) is 16.0. The maximum absolute atomic E-state index is 11.9. The third kappa shape index (κ3) is 7.05. The molecular formula is C17H24N4O5S. The van der Waals surface area contributed by atoms with Crippen molar-refractivity contribution in [2.24, 2.45) is 4.99 Å². The lowest BCUT2D eigenvalue weighted by atomic mass is 10.2. The van der Waals surface area contributed by atoms with Gasteiger partial charge in [0.25, 0.3) is 11.8 Å². The van der Waals surface area contributed by atoms with Crippen LogP contribution in [-0.4, -0.2) is 52.3 Å². The van der Waals surface area contributed by atoms with Crippen molar-refractivity contribution in [3.05, 3.63) is 12.3 Å². The van der Waals surface area contributed by atoms with Crippen molar-refractivity contribution in [2.75, 3.05) is 12.3 Å². The lowest BCUT2D eigenvalue weighted by Crippen LogP contribution is -2.37. The summed E-state index contributed by atoms with van der Waals surface area (Å²) in [6.45, 7) is 2.41. The van der Waals surface area contributed by atoms with Crippen LogP contribution >= 0.6 is 11.8 Å². The summed E-state index contributed by atoms with van der Waals surface area (Å²) in [4.78, 5) is 54.7. The first-order valence-electron chi connectivity index (χ1n) is 8.85. The quantitative estimate of drug-likeness (QED) is 0.415. The van der Waals surface area contributed by atoms with E-state index in [1.54, 1.807) is 18.5 Å². The summed E-state index contributed by atoms with van der Waals surface area (Å²) in [6.07, 6.45) is 7.57. The fraction of sp³-hybridized carbons (Fsp3) is 0.588. The van der Waals surface area contributed by atoms with Gasteiger partial charge in [0, 0.05) is 38.2 Å². The first-order valence-corrected chi connectivity index (χ1v) is 9.83. The van der Waals surface area contributed by atoms with E-state index in [2.05, 4.69) is 15.6 Å². The van der Waals surface area contributed by atoms with Gasteiger partial charge in [0.05, 0.1) is 5.75 Å². The highest BCUT2D eigenvalue weighted by Gasteiger charge is 2.32. The van der Waals surface area contributed by atoms with Crippen molar-refractivity contribution in [1.29, 1.82) is 0 Å². The maximum atomic E-state index is 11.9. The van der Waals surface area contributed by atoms with Gasteiger partial charge in [0.1, 0.15) is 0 Å². The minimum atomic E-state index is -0.595. The Morgan fingerprint density at radius 3 is 2.70 bits per heavy atom. The molecular weight excluding hydrogens is 372 g/mol. The molecule has 1 fully saturated rings. The second-order valence-corrected chi connectivity index (χ2v) is 7.63. The first kappa shape index (κ1) is 20.9. The van der Waals surface area contributed by atoms with E-state index in [1.165, 1.54) is 11.8 Å². The number of thioether (sulfide) groups is 1. The molecule has 1 saturated heterocycles. The zero-order valence-electron chi connectivity index (χ0n) is 15.2. The van der Waals surface area contributed by atoms with E-state index in [-0.39, 0.29) is 25.2 Å². The normalized spacial score (nSPS) is 21.3. The fourth-order valence-electron chi connectivity index (χ4n) is 2.41. The molecule has 0 aromatic rings. The van der Waals surface area contributed by atoms with Gasteiger partial charge in [-0.1, -0.05) is 6.42 Å². The Labute approximate surface area is 161 Å². The topological polar surface area (TPSA) is 117 Å². The Morgan fingerprint density at radius 2 is 2.04 bits per heavy atom. The van der Waals surface area contributed by atoms with E-state index in [9.17, 15) is 19.2 Å². The SMILES string of the molecule is CC1(SCC(=O)NCCCCCC(=O)ON2C(=O)CCC2=O)N=CC=CN1. The van der Waals surface area contributed by atoms with Crippen LogP contribution in [0.15, 0.2) is 17.3 Å². The average molecular weight is 396 g/mol. The van der Waals surface area contributed by atoms with Gasteiger partial charge in [0.2, 0.25) is 5.91 Å². The zero-order chi connectivity index (χ0) is 19.7. The average Bonchev–Trinajstić information content (AvgIpc) is 2.95. The van der Waals surface area contributed by atoms with Gasteiger partial charge in [-0.15, -0.1) is 16.8 Å². The van der Waals surface area contributed by atoms with E-state index < -0.39 is 22.8 Å². The molecule has 2 N–H and O–H groups in total. The molecule has 0 saturated carbocycles. The molecule has 0 bridgehead atoms. The molecule has 2 aliphatic heterocycles. The van der Waals surface area contributed by atoms with Gasteiger partial charge in [-0.25, -0.2) is 4.79 Å². The molecule has 2 rings (SSSR count). The summed E-state index contributed by atoms with van der Waals surface area (Å²) >= 11 is 1.40. The van der Waals surface area contributed by atoms with E-state index in [0.717, 1.165) is 12.8 Å². The van der Waals surface area contributed by atoms with Crippen LogP contribution in [0.25, 0.3) is 0 Å². The van der Waals surface area contributed by atoms with Crippen molar-refractivity contribution < 1.29 is 24.0 Å². The van der Waals surface area contributed by atoms with E-state index in [4.69, 9.17) is 4.84 Å². The van der Waals surface area contributed by atoms with Gasteiger partial charge in [-0.05, 0) is 25.8 Å². The predicted molar refractivity (Wildman–Crippen MR) is 100 cm³/mol. The molecule has 1 atom stereocenters. The molecule has 0 spiro atoms. The molecule has 2 heterocycles. The third-order valence-corrected chi connectivity index (χ3v) is 5.11. The van der Waals surface area contributed by atoms with Crippen molar-refractivity contribution in [3.63, 3.8) is 0 Å². The largest absolute Gasteiger partial charge is 0.359 e. The summed E-state index contributed by atoms with van der Waals surface area (Å²) in [5.74, 6) is -1.33. The van der Waals surface area contributed by atoms with Gasteiger partial charge >= 0.3 is 5.97 Å². The lowest BCUT2D eigenvalue weighted by molar-refractivity contribution is -0.197. The summed E-state index contributed by atoms with van der Waals surface area (Å²) in [5.41, 5.74) is 0. The molecule has 0 aromatic heterocycles. The highest BCUT2D eigenvalue weighted by molar-refractivity contribution is 8.01. The van der Waals surface area contributed by atoms with Crippen LogP contribution in [0.1, 0.15) is 45.4 Å². The molecule has 0 aliphatic carbocycles.